The zero-order chi connectivity index (χ0) is 12.5. The summed E-state index contributed by atoms with van der Waals surface area (Å²) in [5.74, 6) is 6.19. The standard InChI is InChI=1S/C13H9.C5H5.V/c1-2-6-12(7-3-1)10-11-13-8-4-5-9-13;1-2-4-5-3-1;/h1-9H;1-5H;/q-1;-5;. The van der Waals surface area contributed by atoms with Gasteiger partial charge in [0.1, 0.15) is 0 Å². The van der Waals surface area contributed by atoms with Gasteiger partial charge in [-0.1, -0.05) is 35.9 Å². The summed E-state index contributed by atoms with van der Waals surface area (Å²) in [6.45, 7) is 0. The van der Waals surface area contributed by atoms with Crippen molar-refractivity contribution >= 4 is 0 Å². The Hall–Kier alpha value is -1.94. The van der Waals surface area contributed by atoms with E-state index in [1.165, 1.54) is 0 Å². The van der Waals surface area contributed by atoms with Gasteiger partial charge in [0.15, 0.2) is 0 Å². The zero-order valence-corrected chi connectivity index (χ0v) is 11.9. The average Bonchev–Trinajstić information content (AvgIpc) is 3.13. The SMILES string of the molecule is C(#C[c-]1cccc1)c1ccccc1.[V].[cH-]1[cH-][cH-][cH-][cH-]1. The van der Waals surface area contributed by atoms with Gasteiger partial charge >= 0.3 is 0 Å². The van der Waals surface area contributed by atoms with Crippen molar-refractivity contribution in [1.82, 2.24) is 0 Å². The molecule has 0 N–H and O–H groups in total. The molecule has 0 bridgehead atoms. The molecule has 1 radical (unpaired) electrons. The van der Waals surface area contributed by atoms with Crippen LogP contribution in [0, 0.1) is 11.8 Å². The normalized spacial score (nSPS) is 8.21. The number of hydrogen-bond acceptors (Lipinski definition) is 0. The molecule has 0 fully saturated rings. The van der Waals surface area contributed by atoms with E-state index in [-0.39, 0.29) is 18.6 Å². The summed E-state index contributed by atoms with van der Waals surface area (Å²) in [6, 6.07) is 28.0. The molecule has 0 amide bonds. The van der Waals surface area contributed by atoms with E-state index in [0.29, 0.717) is 0 Å². The van der Waals surface area contributed by atoms with Crippen LogP contribution in [0.1, 0.15) is 11.1 Å². The summed E-state index contributed by atoms with van der Waals surface area (Å²) in [5, 5.41) is 0. The van der Waals surface area contributed by atoms with Crippen molar-refractivity contribution < 1.29 is 18.6 Å². The van der Waals surface area contributed by atoms with E-state index in [2.05, 4.69) is 11.8 Å². The van der Waals surface area contributed by atoms with Gasteiger partial charge in [0.25, 0.3) is 0 Å². The maximum atomic E-state index is 3.10. The molecule has 0 aliphatic rings. The van der Waals surface area contributed by atoms with Gasteiger partial charge in [0.05, 0.1) is 0 Å². The first-order valence-electron chi connectivity index (χ1n) is 5.90. The summed E-state index contributed by atoms with van der Waals surface area (Å²) in [4.78, 5) is 0. The van der Waals surface area contributed by atoms with E-state index in [1.54, 1.807) is 0 Å². The smallest absolute Gasteiger partial charge is 0 e. The van der Waals surface area contributed by atoms with Crippen molar-refractivity contribution in [2.24, 2.45) is 0 Å². The Morgan fingerprint density at radius 3 is 1.79 bits per heavy atom. The third-order valence-electron chi connectivity index (χ3n) is 2.34. The van der Waals surface area contributed by atoms with E-state index < -0.39 is 0 Å². The fraction of sp³-hybridized carbons (Fsp3) is 0. The Morgan fingerprint density at radius 2 is 1.26 bits per heavy atom. The molecule has 1 heteroatoms. The summed E-state index contributed by atoms with van der Waals surface area (Å²) in [5.41, 5.74) is 2.13. The molecular formula is C18H14V-6. The molecule has 0 unspecified atom stereocenters. The van der Waals surface area contributed by atoms with Gasteiger partial charge in [-0.05, 0) is 5.56 Å². The van der Waals surface area contributed by atoms with Crippen LogP contribution >= 0.6 is 0 Å². The fourth-order valence-corrected chi connectivity index (χ4v) is 1.44. The molecule has 0 aromatic heterocycles. The van der Waals surface area contributed by atoms with Crippen molar-refractivity contribution in [2.45, 2.75) is 0 Å². The van der Waals surface area contributed by atoms with Gasteiger partial charge in [0.2, 0.25) is 0 Å². The average molecular weight is 281 g/mol. The van der Waals surface area contributed by atoms with Crippen LogP contribution in [0.2, 0.25) is 0 Å². The number of benzene rings is 1. The van der Waals surface area contributed by atoms with Crippen LogP contribution in [0.25, 0.3) is 0 Å². The van der Waals surface area contributed by atoms with Gasteiger partial charge in [-0.2, -0.15) is 24.0 Å². The predicted molar refractivity (Wildman–Crippen MR) is 76.5 cm³/mol. The minimum atomic E-state index is 0. The van der Waals surface area contributed by atoms with Crippen molar-refractivity contribution in [3.05, 3.63) is 96.1 Å². The zero-order valence-electron chi connectivity index (χ0n) is 10.5. The van der Waals surface area contributed by atoms with Crippen molar-refractivity contribution in [3.8, 4) is 11.8 Å². The van der Waals surface area contributed by atoms with Crippen LogP contribution in [0.3, 0.4) is 0 Å². The Bertz CT molecular complexity index is 561. The van der Waals surface area contributed by atoms with Gasteiger partial charge in [0, 0.05) is 18.6 Å². The molecule has 0 aliphatic carbocycles. The molecule has 0 nitrogen and oxygen atoms in total. The molecule has 0 spiro atoms. The van der Waals surface area contributed by atoms with Crippen LogP contribution in [0.5, 0.6) is 0 Å². The molecule has 0 saturated heterocycles. The second kappa shape index (κ2) is 9.06. The second-order valence-electron chi connectivity index (χ2n) is 3.75. The maximum absolute atomic E-state index is 3.10. The molecule has 19 heavy (non-hydrogen) atoms. The Kier molecular flexibility index (Phi) is 7.21. The van der Waals surface area contributed by atoms with Crippen molar-refractivity contribution in [2.75, 3.05) is 0 Å². The van der Waals surface area contributed by atoms with Crippen LogP contribution in [0.15, 0.2) is 84.9 Å². The van der Waals surface area contributed by atoms with Crippen molar-refractivity contribution in [1.29, 1.82) is 0 Å². The number of hydrogen-bond donors (Lipinski definition) is 0. The Morgan fingerprint density at radius 1 is 0.737 bits per heavy atom. The topological polar surface area (TPSA) is 0 Å². The molecule has 3 aromatic carbocycles. The molecule has 3 aromatic rings. The van der Waals surface area contributed by atoms with E-state index in [4.69, 9.17) is 0 Å². The first kappa shape index (κ1) is 15.1. The first-order chi connectivity index (χ1) is 8.95. The van der Waals surface area contributed by atoms with Crippen LogP contribution in [-0.2, 0) is 18.6 Å². The molecule has 97 valence electrons. The largest absolute Gasteiger partial charge is 0.748 e. The molecule has 0 atom stereocenters. The molecule has 0 aliphatic heterocycles. The Labute approximate surface area is 126 Å². The minimum absolute atomic E-state index is 0. The molecule has 3 rings (SSSR count). The fourth-order valence-electron chi connectivity index (χ4n) is 1.44. The molecular weight excluding hydrogens is 267 g/mol. The summed E-state index contributed by atoms with van der Waals surface area (Å²) in [7, 11) is 0. The summed E-state index contributed by atoms with van der Waals surface area (Å²) < 4.78 is 0. The summed E-state index contributed by atoms with van der Waals surface area (Å²) in [6.07, 6.45) is 0. The Balaban J connectivity index is 0.000000256. The quantitative estimate of drug-likeness (QED) is 0.428. The van der Waals surface area contributed by atoms with E-state index in [0.717, 1.165) is 11.1 Å². The molecule has 0 heterocycles. The van der Waals surface area contributed by atoms with Crippen LogP contribution in [-0.4, -0.2) is 0 Å². The predicted octanol–water partition coefficient (Wildman–Crippen LogP) is 4.21. The monoisotopic (exact) mass is 281 g/mol. The number of rotatable bonds is 0. The first-order valence-corrected chi connectivity index (χ1v) is 5.90. The summed E-state index contributed by atoms with van der Waals surface area (Å²) >= 11 is 0. The van der Waals surface area contributed by atoms with Crippen LogP contribution < -0.4 is 0 Å². The van der Waals surface area contributed by atoms with E-state index >= 15 is 0 Å². The van der Waals surface area contributed by atoms with Gasteiger partial charge in [-0.3, -0.25) is 0 Å². The van der Waals surface area contributed by atoms with Gasteiger partial charge < -0.3 is 30.3 Å². The van der Waals surface area contributed by atoms with E-state index in [1.807, 2.05) is 84.9 Å². The van der Waals surface area contributed by atoms with Crippen LogP contribution in [0.4, 0.5) is 0 Å². The van der Waals surface area contributed by atoms with Gasteiger partial charge in [-0.15, -0.1) is 12.1 Å². The van der Waals surface area contributed by atoms with Crippen molar-refractivity contribution in [3.63, 3.8) is 0 Å². The minimum Gasteiger partial charge on any atom is -0.748 e. The second-order valence-corrected chi connectivity index (χ2v) is 3.75. The maximum Gasteiger partial charge on any atom is 0 e. The third-order valence-corrected chi connectivity index (χ3v) is 2.34. The third kappa shape index (κ3) is 5.97. The van der Waals surface area contributed by atoms with E-state index in [9.17, 15) is 0 Å². The molecule has 0 saturated carbocycles. The van der Waals surface area contributed by atoms with Gasteiger partial charge in [-0.25, -0.2) is 0 Å².